The molecule has 4 heterocycles. The maximum absolute atomic E-state index is 15.1. The molecule has 2 N–H and O–H groups in total. The van der Waals surface area contributed by atoms with E-state index in [1.165, 1.54) is 20.4 Å². The molecule has 0 aliphatic carbocycles. The standard InChI is InChI=1S/C21H16ClFN4O5.C11H8ClFN2O.C11H12N2O4/c22-14-6-2-4-8-16(14)32-20-17(23)19(24-11-25-20)31-15-7-3-1-5-13(15)18(26-12-28)21-27-30-10-9-29-21;1-7-10(13)11(15-6-14-7)16-9-5-3-2-4-8(9)12;1-15-12-10(11-13-17-7-6-16-11)8-4-2-3-5-9(8)14/h1-8,11,28H,9-10,12H2;2-6H,1H3;2-5,14H,6-7H2,1H3/b;;12-10+. The van der Waals surface area contributed by atoms with E-state index in [0.29, 0.717) is 45.8 Å². The Hall–Kier alpha value is -7.68. The number of nitrogens with zero attached hydrogens (tertiary/aromatic N) is 8. The fraction of sp³-hybridized carbons (Fsp3) is 0.163. The first kappa shape index (κ1) is 46.8. The summed E-state index contributed by atoms with van der Waals surface area (Å²) in [4.78, 5) is 33.8. The number of aromatic nitrogens is 4. The summed E-state index contributed by atoms with van der Waals surface area (Å²) in [6.45, 7) is 2.32. The smallest absolute Gasteiger partial charge is 0.280 e. The number of ether oxygens (including phenoxy) is 5. The minimum Gasteiger partial charge on any atom is -0.507 e. The predicted molar refractivity (Wildman–Crippen MR) is 232 cm³/mol. The first-order chi connectivity index (χ1) is 31.7. The number of aliphatic hydroxyl groups excluding tert-OH is 1. The highest BCUT2D eigenvalue weighted by atomic mass is 35.5. The molecular weight excluding hydrogens is 897 g/mol. The third kappa shape index (κ3) is 12.7. The van der Waals surface area contributed by atoms with Crippen molar-refractivity contribution in [3.8, 4) is 40.6 Å². The number of oxime groups is 3. The summed E-state index contributed by atoms with van der Waals surface area (Å²) in [5, 5.41) is 31.2. The number of hydrogen-bond donors (Lipinski definition) is 2. The van der Waals surface area contributed by atoms with Crippen molar-refractivity contribution in [2.24, 2.45) is 20.5 Å². The number of aryl methyl sites for hydroxylation is 1. The number of phenols is 1. The molecule has 0 radical (unpaired) electrons. The first-order valence-corrected chi connectivity index (χ1v) is 19.7. The van der Waals surface area contributed by atoms with Crippen LogP contribution in [0.15, 0.2) is 130 Å². The quantitative estimate of drug-likeness (QED) is 0.0870. The van der Waals surface area contributed by atoms with Crippen molar-refractivity contribution in [2.45, 2.75) is 6.92 Å². The third-order valence-corrected chi connectivity index (χ3v) is 8.81. The molecule has 0 atom stereocenters. The van der Waals surface area contributed by atoms with Crippen LogP contribution in [-0.4, -0.2) is 93.6 Å². The molecule has 0 amide bonds. The minimum atomic E-state index is -0.933. The summed E-state index contributed by atoms with van der Waals surface area (Å²) in [6, 6.07) is 26.7. The lowest BCUT2D eigenvalue weighted by Crippen LogP contribution is -2.26. The summed E-state index contributed by atoms with van der Waals surface area (Å²) >= 11 is 11.9. The van der Waals surface area contributed by atoms with Crippen molar-refractivity contribution < 1.29 is 57.2 Å². The second-order valence-corrected chi connectivity index (χ2v) is 13.3. The van der Waals surface area contributed by atoms with Gasteiger partial charge in [0, 0.05) is 5.56 Å². The van der Waals surface area contributed by atoms with Gasteiger partial charge in [0.1, 0.15) is 68.4 Å². The van der Waals surface area contributed by atoms with Crippen LogP contribution < -0.4 is 14.2 Å². The SMILES string of the molecule is CO/N=C(/C1=NOCCO1)c1ccccc1O.Cc1ncnc(Oc2ccccc2Cl)c1F.OCN=C(C1=NOCCO1)c1ccccc1Oc1ncnc(Oc2ccccc2Cl)c1F. The van der Waals surface area contributed by atoms with Crippen LogP contribution in [0.2, 0.25) is 10.0 Å². The Morgan fingerprint density at radius 3 is 1.63 bits per heavy atom. The maximum atomic E-state index is 15.1. The summed E-state index contributed by atoms with van der Waals surface area (Å²) in [6.07, 6.45) is 2.34. The zero-order valence-corrected chi connectivity index (χ0v) is 35.7. The van der Waals surface area contributed by atoms with Gasteiger partial charge in [0.15, 0.2) is 18.9 Å². The molecule has 4 aromatic carbocycles. The molecule has 2 aliphatic heterocycles. The van der Waals surface area contributed by atoms with Crippen molar-refractivity contribution in [2.75, 3.05) is 40.3 Å². The van der Waals surface area contributed by atoms with Gasteiger partial charge in [-0.3, -0.25) is 4.99 Å². The highest BCUT2D eigenvalue weighted by molar-refractivity contribution is 6.46. The lowest BCUT2D eigenvalue weighted by atomic mass is 10.1. The van der Waals surface area contributed by atoms with Gasteiger partial charge < -0.3 is 48.4 Å². The van der Waals surface area contributed by atoms with Crippen molar-refractivity contribution in [1.82, 2.24) is 19.9 Å². The molecule has 22 heteroatoms. The Balaban J connectivity index is 0.000000178. The van der Waals surface area contributed by atoms with Gasteiger partial charge in [0.2, 0.25) is 11.6 Å². The van der Waals surface area contributed by atoms with Gasteiger partial charge in [-0.15, -0.1) is 0 Å². The molecule has 18 nitrogen and oxygen atoms in total. The van der Waals surface area contributed by atoms with Gasteiger partial charge in [-0.1, -0.05) is 76.9 Å². The Bertz CT molecular complexity index is 2700. The highest BCUT2D eigenvalue weighted by Crippen LogP contribution is 2.34. The molecule has 2 aliphatic rings. The van der Waals surface area contributed by atoms with E-state index in [-0.39, 0.29) is 71.3 Å². The normalized spacial score (nSPS) is 13.3. The van der Waals surface area contributed by atoms with Crippen molar-refractivity contribution >= 4 is 46.4 Å². The van der Waals surface area contributed by atoms with E-state index in [9.17, 15) is 14.6 Å². The molecule has 0 saturated carbocycles. The molecule has 0 fully saturated rings. The molecule has 8 rings (SSSR count). The Labute approximate surface area is 378 Å². The van der Waals surface area contributed by atoms with E-state index < -0.39 is 18.4 Å². The molecular formula is C43H36Cl2F2N8O10. The fourth-order valence-electron chi connectivity index (χ4n) is 5.25. The van der Waals surface area contributed by atoms with Crippen LogP contribution in [0, 0.1) is 18.6 Å². The molecule has 2 aromatic heterocycles. The van der Waals surface area contributed by atoms with Crippen LogP contribution >= 0.6 is 23.2 Å². The van der Waals surface area contributed by atoms with E-state index >= 15 is 4.39 Å². The van der Waals surface area contributed by atoms with Gasteiger partial charge in [-0.25, -0.2) is 4.98 Å². The second-order valence-electron chi connectivity index (χ2n) is 12.5. The van der Waals surface area contributed by atoms with Gasteiger partial charge >= 0.3 is 0 Å². The average molecular weight is 934 g/mol. The number of aliphatic imine (C=N–C) groups is 1. The van der Waals surface area contributed by atoms with Crippen molar-refractivity contribution in [1.29, 1.82) is 0 Å². The maximum Gasteiger partial charge on any atom is 0.280 e. The number of benzene rings is 4. The van der Waals surface area contributed by atoms with Gasteiger partial charge in [0.05, 0.1) is 21.3 Å². The molecule has 0 bridgehead atoms. The largest absolute Gasteiger partial charge is 0.507 e. The van der Waals surface area contributed by atoms with Crippen LogP contribution in [0.25, 0.3) is 0 Å². The molecule has 0 spiro atoms. The molecule has 0 unspecified atom stereocenters. The van der Waals surface area contributed by atoms with Crippen LogP contribution in [-0.2, 0) is 24.0 Å². The Morgan fingerprint density at radius 2 is 1.11 bits per heavy atom. The first-order valence-electron chi connectivity index (χ1n) is 19.0. The molecule has 6 aromatic rings. The number of halogens is 4. The topological polar surface area (TPSA) is 215 Å². The lowest BCUT2D eigenvalue weighted by molar-refractivity contribution is 0.0672. The zero-order valence-electron chi connectivity index (χ0n) is 34.2. The number of para-hydroxylation sites is 4. The number of aromatic hydroxyl groups is 1. The number of aliphatic hydroxyl groups is 1. The minimum absolute atomic E-state index is 0.0623. The van der Waals surface area contributed by atoms with E-state index in [1.807, 2.05) is 0 Å². The van der Waals surface area contributed by atoms with Gasteiger partial charge in [0.25, 0.3) is 29.4 Å². The monoisotopic (exact) mass is 932 g/mol. The van der Waals surface area contributed by atoms with Crippen LogP contribution in [0.5, 0.6) is 40.6 Å². The summed E-state index contributed by atoms with van der Waals surface area (Å²) < 4.78 is 55.8. The van der Waals surface area contributed by atoms with Gasteiger partial charge in [-0.05, 0) is 65.8 Å². The van der Waals surface area contributed by atoms with E-state index in [4.69, 9.17) is 61.4 Å². The number of hydrogen-bond acceptors (Lipinski definition) is 18. The average Bonchev–Trinajstić information content (AvgIpc) is 3.33. The van der Waals surface area contributed by atoms with Crippen LogP contribution in [0.3, 0.4) is 0 Å². The van der Waals surface area contributed by atoms with E-state index in [1.54, 1.807) is 97.1 Å². The molecule has 65 heavy (non-hydrogen) atoms. The number of phenolic OH excluding ortho intramolecular Hbond substituents is 1. The summed E-state index contributed by atoms with van der Waals surface area (Å²) in [5.41, 5.74) is 1.54. The third-order valence-electron chi connectivity index (χ3n) is 8.19. The number of rotatable bonds is 12. The van der Waals surface area contributed by atoms with E-state index in [2.05, 4.69) is 40.4 Å². The molecule has 0 saturated heterocycles. The van der Waals surface area contributed by atoms with Crippen LogP contribution in [0.1, 0.15) is 16.8 Å². The lowest BCUT2D eigenvalue weighted by Gasteiger charge is -2.17. The predicted octanol–water partition coefficient (Wildman–Crippen LogP) is 8.43. The van der Waals surface area contributed by atoms with Crippen molar-refractivity contribution in [3.05, 3.63) is 148 Å². The molecule has 336 valence electrons. The Morgan fingerprint density at radius 1 is 0.631 bits per heavy atom. The summed E-state index contributed by atoms with van der Waals surface area (Å²) in [7, 11) is 1.41. The zero-order chi connectivity index (χ0) is 46.0. The fourth-order valence-corrected chi connectivity index (χ4v) is 5.60. The van der Waals surface area contributed by atoms with Crippen LogP contribution in [0.4, 0.5) is 8.78 Å². The van der Waals surface area contributed by atoms with Crippen molar-refractivity contribution in [3.63, 3.8) is 0 Å². The Kier molecular flexibility index (Phi) is 17.1. The van der Waals surface area contributed by atoms with Gasteiger partial charge in [-0.2, -0.15) is 23.7 Å². The second kappa shape index (κ2) is 23.7. The summed E-state index contributed by atoms with van der Waals surface area (Å²) in [5.74, 6) is -1.30. The highest BCUT2D eigenvalue weighted by Gasteiger charge is 2.24. The van der Waals surface area contributed by atoms with E-state index in [0.717, 1.165) is 6.33 Å².